The van der Waals surface area contributed by atoms with Gasteiger partial charge >= 0.3 is 0 Å². The average molecular weight is 705 g/mol. The molecule has 2 aromatic heterocycles. The number of hydrogen-bond donors (Lipinski definition) is 0. The molecule has 2 heterocycles. The molecule has 0 radical (unpaired) electrons. The summed E-state index contributed by atoms with van der Waals surface area (Å²) in [4.78, 5) is 7.22. The summed E-state index contributed by atoms with van der Waals surface area (Å²) in [5.74, 6) is 0.621. The predicted molar refractivity (Wildman–Crippen MR) is 227 cm³/mol. The van der Waals surface area contributed by atoms with Crippen LogP contribution in [-0.4, -0.2) is 4.98 Å². The Morgan fingerprint density at radius 3 is 1.84 bits per heavy atom. The minimum atomic E-state index is 0.621. The number of furan rings is 1. The first-order chi connectivity index (χ1) is 27.3. The summed E-state index contributed by atoms with van der Waals surface area (Å²) in [5, 5.41) is 6.64. The summed E-state index contributed by atoms with van der Waals surface area (Å²) in [6.45, 7) is 0. The molecular weight excluding hydrogens is 673 g/mol. The van der Waals surface area contributed by atoms with Crippen molar-refractivity contribution in [3.8, 4) is 33.7 Å². The zero-order chi connectivity index (χ0) is 36.3. The highest BCUT2D eigenvalue weighted by atomic mass is 16.3. The van der Waals surface area contributed by atoms with Crippen LogP contribution in [-0.2, 0) is 0 Å². The van der Waals surface area contributed by atoms with Crippen molar-refractivity contribution in [3.05, 3.63) is 194 Å². The lowest BCUT2D eigenvalue weighted by atomic mass is 9.92. The summed E-state index contributed by atoms with van der Waals surface area (Å²) >= 11 is 0. The van der Waals surface area contributed by atoms with Gasteiger partial charge in [-0.05, 0) is 99.6 Å². The van der Waals surface area contributed by atoms with Gasteiger partial charge < -0.3 is 13.7 Å². The number of rotatable bonds is 6. The van der Waals surface area contributed by atoms with Crippen molar-refractivity contribution in [2.45, 2.75) is 0 Å². The van der Waals surface area contributed by atoms with Gasteiger partial charge in [0.15, 0.2) is 5.58 Å². The zero-order valence-electron chi connectivity index (χ0n) is 29.7. The molecule has 0 fully saturated rings. The first kappa shape index (κ1) is 31.1. The largest absolute Gasteiger partial charge is 0.455 e. The van der Waals surface area contributed by atoms with E-state index in [2.05, 4.69) is 157 Å². The molecule has 0 atom stereocenters. The number of aromatic nitrogens is 1. The van der Waals surface area contributed by atoms with Crippen molar-refractivity contribution in [1.82, 2.24) is 4.98 Å². The molecule has 0 saturated heterocycles. The van der Waals surface area contributed by atoms with Crippen molar-refractivity contribution < 1.29 is 8.83 Å². The molecule has 4 nitrogen and oxygen atoms in total. The number of benzene rings is 9. The van der Waals surface area contributed by atoms with Crippen LogP contribution in [0.15, 0.2) is 203 Å². The minimum Gasteiger partial charge on any atom is -0.455 e. The molecule has 0 aliphatic carbocycles. The minimum absolute atomic E-state index is 0.621. The van der Waals surface area contributed by atoms with Gasteiger partial charge in [-0.1, -0.05) is 127 Å². The quantitative estimate of drug-likeness (QED) is 0.162. The van der Waals surface area contributed by atoms with Crippen LogP contribution in [0.2, 0.25) is 0 Å². The van der Waals surface area contributed by atoms with Crippen LogP contribution in [0.1, 0.15) is 0 Å². The highest BCUT2D eigenvalue weighted by Crippen LogP contribution is 2.44. The van der Waals surface area contributed by atoms with Crippen molar-refractivity contribution >= 4 is 71.6 Å². The van der Waals surface area contributed by atoms with Crippen molar-refractivity contribution in [2.75, 3.05) is 4.90 Å². The normalized spacial score (nSPS) is 11.6. The van der Waals surface area contributed by atoms with Crippen LogP contribution in [0.3, 0.4) is 0 Å². The van der Waals surface area contributed by atoms with Gasteiger partial charge in [-0.15, -0.1) is 0 Å². The van der Waals surface area contributed by atoms with E-state index >= 15 is 0 Å². The monoisotopic (exact) mass is 704 g/mol. The lowest BCUT2D eigenvalue weighted by Crippen LogP contribution is -2.09. The van der Waals surface area contributed by atoms with Crippen LogP contribution >= 0.6 is 0 Å². The fourth-order valence-electron chi connectivity index (χ4n) is 8.09. The van der Waals surface area contributed by atoms with Gasteiger partial charge in [-0.2, -0.15) is 0 Å². The molecule has 9 aromatic carbocycles. The Hall–Kier alpha value is -7.43. The summed E-state index contributed by atoms with van der Waals surface area (Å²) in [7, 11) is 0. The van der Waals surface area contributed by atoms with E-state index in [9.17, 15) is 0 Å². The van der Waals surface area contributed by atoms with Crippen LogP contribution in [0.4, 0.5) is 17.1 Å². The molecule has 0 saturated carbocycles. The van der Waals surface area contributed by atoms with E-state index in [1.165, 1.54) is 0 Å². The smallest absolute Gasteiger partial charge is 0.227 e. The third kappa shape index (κ3) is 5.19. The first-order valence-electron chi connectivity index (χ1n) is 18.5. The lowest BCUT2D eigenvalue weighted by Gasteiger charge is -2.26. The predicted octanol–water partition coefficient (Wildman–Crippen LogP) is 14.5. The van der Waals surface area contributed by atoms with Gasteiger partial charge in [0.05, 0.1) is 0 Å². The Balaban J connectivity index is 1.08. The second kappa shape index (κ2) is 12.6. The van der Waals surface area contributed by atoms with Crippen molar-refractivity contribution in [3.63, 3.8) is 0 Å². The molecule has 11 aromatic rings. The van der Waals surface area contributed by atoms with E-state index < -0.39 is 0 Å². The third-order valence-corrected chi connectivity index (χ3v) is 10.7. The molecule has 0 spiro atoms. The van der Waals surface area contributed by atoms with E-state index in [4.69, 9.17) is 13.8 Å². The maximum Gasteiger partial charge on any atom is 0.227 e. The molecule has 258 valence electrons. The van der Waals surface area contributed by atoms with Gasteiger partial charge in [0.25, 0.3) is 0 Å². The maximum absolute atomic E-state index is 6.63. The number of fused-ring (bicyclic) bond motifs is 8. The molecule has 0 aliphatic rings. The lowest BCUT2D eigenvalue weighted by molar-refractivity contribution is 0.623. The molecule has 0 unspecified atom stereocenters. The highest BCUT2D eigenvalue weighted by molar-refractivity contribution is 6.19. The number of para-hydroxylation sites is 2. The molecule has 55 heavy (non-hydrogen) atoms. The van der Waals surface area contributed by atoms with Crippen LogP contribution < -0.4 is 4.90 Å². The van der Waals surface area contributed by atoms with E-state index in [0.29, 0.717) is 5.89 Å². The zero-order valence-corrected chi connectivity index (χ0v) is 29.7. The van der Waals surface area contributed by atoms with E-state index in [1.807, 2.05) is 42.5 Å². The Bertz CT molecular complexity index is 3180. The van der Waals surface area contributed by atoms with Gasteiger partial charge in [0.2, 0.25) is 5.89 Å². The molecule has 0 N–H and O–H groups in total. The second-order valence-electron chi connectivity index (χ2n) is 13.9. The summed E-state index contributed by atoms with van der Waals surface area (Å²) in [5.41, 5.74) is 12.0. The average Bonchev–Trinajstić information content (AvgIpc) is 3.87. The maximum atomic E-state index is 6.63. The Morgan fingerprint density at radius 1 is 0.400 bits per heavy atom. The molecule has 0 bridgehead atoms. The van der Waals surface area contributed by atoms with Gasteiger partial charge in [0, 0.05) is 44.3 Å². The van der Waals surface area contributed by atoms with Crippen LogP contribution in [0.25, 0.3) is 88.3 Å². The number of nitrogens with zero attached hydrogens (tertiary/aromatic N) is 2. The first-order valence-corrected chi connectivity index (χ1v) is 18.5. The SMILES string of the molecule is c1ccc(-c2nc3ccc4ccc5ccc(N(c6ccccc6)c6ccc(-c7c(-c8ccccc8)ccc8c7oc7ccccc78)cc6)cc5c4c3o2)cc1. The van der Waals surface area contributed by atoms with E-state index in [1.54, 1.807) is 0 Å². The third-order valence-electron chi connectivity index (χ3n) is 10.7. The topological polar surface area (TPSA) is 42.4 Å². The summed E-state index contributed by atoms with van der Waals surface area (Å²) in [6.07, 6.45) is 0. The van der Waals surface area contributed by atoms with Crippen LogP contribution in [0.5, 0.6) is 0 Å². The second-order valence-corrected chi connectivity index (χ2v) is 13.9. The molecule has 11 rings (SSSR count). The fourth-order valence-corrected chi connectivity index (χ4v) is 8.09. The standard InChI is InChI=1S/C51H32N2O2/c1-4-12-33(13-5-1)41-29-30-43-42-18-10-11-19-46(42)54-49(43)47(41)36-23-26-39(27-24-36)53(38-16-8-3-9-17-38)40-28-22-34-20-21-35-25-31-45-50(48(35)44(34)32-40)55-51(52-45)37-14-6-2-7-15-37/h1-32H. The van der Waals surface area contributed by atoms with Crippen LogP contribution in [0, 0.1) is 0 Å². The van der Waals surface area contributed by atoms with Crippen molar-refractivity contribution in [2.24, 2.45) is 0 Å². The highest BCUT2D eigenvalue weighted by Gasteiger charge is 2.20. The van der Waals surface area contributed by atoms with Crippen molar-refractivity contribution in [1.29, 1.82) is 0 Å². The van der Waals surface area contributed by atoms with Gasteiger partial charge in [-0.3, -0.25) is 0 Å². The molecule has 0 aliphatic heterocycles. The summed E-state index contributed by atoms with van der Waals surface area (Å²) in [6, 6.07) is 68.0. The molecule has 4 heteroatoms. The van der Waals surface area contributed by atoms with Gasteiger partial charge in [-0.25, -0.2) is 4.98 Å². The Labute approximate surface area is 317 Å². The molecular formula is C51H32N2O2. The Kier molecular flexibility index (Phi) is 7.14. The number of oxazole rings is 1. The fraction of sp³-hybridized carbons (Fsp3) is 0. The summed E-state index contributed by atoms with van der Waals surface area (Å²) < 4.78 is 13.2. The number of anilines is 3. The van der Waals surface area contributed by atoms with E-state index in [0.717, 1.165) is 99.5 Å². The van der Waals surface area contributed by atoms with Gasteiger partial charge in [0.1, 0.15) is 16.7 Å². The Morgan fingerprint density at radius 2 is 1.04 bits per heavy atom. The number of hydrogen-bond acceptors (Lipinski definition) is 4. The molecule has 0 amide bonds. The van der Waals surface area contributed by atoms with E-state index in [-0.39, 0.29) is 0 Å².